The maximum Gasteiger partial charge on any atom is 0.102 e. The first-order chi connectivity index (χ1) is 8.25. The molecule has 0 N–H and O–H groups in total. The molecule has 1 aliphatic rings. The summed E-state index contributed by atoms with van der Waals surface area (Å²) in [5.74, 6) is 0.889. The molecule has 1 aromatic heterocycles. The summed E-state index contributed by atoms with van der Waals surface area (Å²) < 4.78 is 0. The Hall–Kier alpha value is -0.700. The Labute approximate surface area is 114 Å². The average molecular weight is 282 g/mol. The minimum absolute atomic E-state index is 0.187. The molecule has 0 radical (unpaired) electrons. The van der Waals surface area contributed by atoms with E-state index in [0.29, 0.717) is 0 Å². The van der Waals surface area contributed by atoms with Crippen molar-refractivity contribution in [2.24, 2.45) is 0 Å². The third-order valence-corrected chi connectivity index (χ3v) is 4.59. The molecule has 17 heavy (non-hydrogen) atoms. The van der Waals surface area contributed by atoms with Gasteiger partial charge in [-0.15, -0.1) is 23.4 Å². The lowest BCUT2D eigenvalue weighted by molar-refractivity contribution is 0.994. The van der Waals surface area contributed by atoms with Crippen LogP contribution in [0.25, 0.3) is 0 Å². The quantitative estimate of drug-likeness (QED) is 0.651. The molecule has 3 rings (SSSR count). The van der Waals surface area contributed by atoms with E-state index in [-0.39, 0.29) is 5.38 Å². The van der Waals surface area contributed by atoms with Crippen molar-refractivity contribution < 1.29 is 0 Å². The molecule has 1 aromatic carbocycles. The topological polar surface area (TPSA) is 12.9 Å². The first-order valence-electron chi connectivity index (χ1n) is 5.26. The van der Waals surface area contributed by atoms with Gasteiger partial charge in [-0.2, -0.15) is 0 Å². The Balaban J connectivity index is 2.16. The number of alkyl halides is 1. The monoisotopic (exact) mass is 281 g/mol. The van der Waals surface area contributed by atoms with Gasteiger partial charge in [-0.25, -0.2) is 0 Å². The zero-order valence-corrected chi connectivity index (χ0v) is 11.2. The fourth-order valence-corrected chi connectivity index (χ4v) is 3.75. The maximum atomic E-state index is 6.52. The van der Waals surface area contributed by atoms with Crippen LogP contribution in [0.4, 0.5) is 0 Å². The Bertz CT molecular complexity index is 571. The predicted octanol–water partition coefficient (Wildman–Crippen LogP) is 4.67. The number of fused-ring (bicyclic) bond motifs is 2. The summed E-state index contributed by atoms with van der Waals surface area (Å²) in [5.41, 5.74) is 3.26. The van der Waals surface area contributed by atoms with Gasteiger partial charge < -0.3 is 0 Å². The number of pyridine rings is 1. The molecule has 0 saturated heterocycles. The lowest BCUT2D eigenvalue weighted by Crippen LogP contribution is -1.99. The highest BCUT2D eigenvalue weighted by Crippen LogP contribution is 2.42. The summed E-state index contributed by atoms with van der Waals surface area (Å²) in [6.07, 6.45) is 1.79. The summed E-state index contributed by atoms with van der Waals surface area (Å²) in [6, 6.07) is 9.88. The van der Waals surface area contributed by atoms with E-state index >= 15 is 0 Å². The number of aromatic nitrogens is 1. The number of thioether (sulfide) groups is 1. The first-order valence-corrected chi connectivity index (χ1v) is 7.06. The number of rotatable bonds is 0. The van der Waals surface area contributed by atoms with Crippen LogP contribution < -0.4 is 0 Å². The van der Waals surface area contributed by atoms with E-state index in [9.17, 15) is 0 Å². The van der Waals surface area contributed by atoms with Crippen molar-refractivity contribution >= 4 is 35.0 Å². The zero-order chi connectivity index (χ0) is 11.8. The van der Waals surface area contributed by atoms with Crippen LogP contribution in [-0.2, 0) is 5.75 Å². The van der Waals surface area contributed by atoms with Crippen molar-refractivity contribution in [2.45, 2.75) is 16.0 Å². The van der Waals surface area contributed by atoms with Crippen LogP contribution in [0.3, 0.4) is 0 Å². The van der Waals surface area contributed by atoms with E-state index in [0.717, 1.165) is 26.9 Å². The molecule has 0 fully saturated rings. The molecule has 1 atom stereocenters. The molecular formula is C13H9Cl2NS. The van der Waals surface area contributed by atoms with Crippen LogP contribution in [0.2, 0.25) is 5.02 Å². The van der Waals surface area contributed by atoms with Crippen molar-refractivity contribution in [3.05, 3.63) is 58.4 Å². The van der Waals surface area contributed by atoms with Crippen molar-refractivity contribution in [1.29, 1.82) is 0 Å². The second kappa shape index (κ2) is 4.52. The number of hydrogen-bond acceptors (Lipinski definition) is 2. The van der Waals surface area contributed by atoms with Gasteiger partial charge in [0.15, 0.2) is 0 Å². The van der Waals surface area contributed by atoms with Crippen LogP contribution in [0, 0.1) is 0 Å². The van der Waals surface area contributed by atoms with E-state index in [1.165, 1.54) is 5.56 Å². The molecule has 2 aromatic rings. The number of benzene rings is 1. The molecule has 4 heteroatoms. The van der Waals surface area contributed by atoms with E-state index in [4.69, 9.17) is 23.2 Å². The van der Waals surface area contributed by atoms with Gasteiger partial charge in [-0.1, -0.05) is 23.7 Å². The van der Waals surface area contributed by atoms with Gasteiger partial charge in [0.1, 0.15) is 5.38 Å². The summed E-state index contributed by atoms with van der Waals surface area (Å²) >= 11 is 14.3. The predicted molar refractivity (Wildman–Crippen MR) is 72.9 cm³/mol. The summed E-state index contributed by atoms with van der Waals surface area (Å²) in [4.78, 5) is 5.55. The molecule has 1 nitrogen and oxygen atoms in total. The van der Waals surface area contributed by atoms with Crippen LogP contribution in [-0.4, -0.2) is 4.98 Å². The normalized spacial score (nSPS) is 18.1. The number of halogens is 2. The molecule has 2 heterocycles. The third-order valence-electron chi connectivity index (χ3n) is 2.80. The SMILES string of the molecule is Clc1ccc2c(c1)SCc1cccnc1C2Cl. The van der Waals surface area contributed by atoms with Crippen molar-refractivity contribution in [1.82, 2.24) is 4.98 Å². The number of hydrogen-bond donors (Lipinski definition) is 0. The lowest BCUT2D eigenvalue weighted by atomic mass is 10.1. The smallest absolute Gasteiger partial charge is 0.102 e. The highest BCUT2D eigenvalue weighted by atomic mass is 35.5. The van der Waals surface area contributed by atoms with Crippen molar-refractivity contribution in [3.8, 4) is 0 Å². The average Bonchev–Trinajstić information content (AvgIpc) is 2.48. The van der Waals surface area contributed by atoms with Gasteiger partial charge in [0.05, 0.1) is 5.69 Å². The van der Waals surface area contributed by atoms with Gasteiger partial charge >= 0.3 is 0 Å². The van der Waals surface area contributed by atoms with Gasteiger partial charge in [-0.05, 0) is 29.3 Å². The highest BCUT2D eigenvalue weighted by Gasteiger charge is 2.23. The van der Waals surface area contributed by atoms with Crippen molar-refractivity contribution in [2.75, 3.05) is 0 Å². The van der Waals surface area contributed by atoms with Crippen LogP contribution >= 0.6 is 35.0 Å². The van der Waals surface area contributed by atoms with Crippen LogP contribution in [0.15, 0.2) is 41.4 Å². The Morgan fingerprint density at radius 1 is 1.29 bits per heavy atom. The second-order valence-corrected chi connectivity index (χ2v) is 5.77. The van der Waals surface area contributed by atoms with Gasteiger partial charge in [0, 0.05) is 21.9 Å². The summed E-state index contributed by atoms with van der Waals surface area (Å²) in [5, 5.41) is 0.562. The lowest BCUT2D eigenvalue weighted by Gasteiger charge is -2.11. The summed E-state index contributed by atoms with van der Waals surface area (Å²) in [7, 11) is 0. The second-order valence-electron chi connectivity index (χ2n) is 3.88. The largest absolute Gasteiger partial charge is 0.259 e. The fraction of sp³-hybridized carbons (Fsp3) is 0.154. The van der Waals surface area contributed by atoms with Gasteiger partial charge in [0.25, 0.3) is 0 Å². The van der Waals surface area contributed by atoms with Crippen molar-refractivity contribution in [3.63, 3.8) is 0 Å². The standard InChI is InChI=1S/C13H9Cl2NS/c14-9-3-4-10-11(6-9)17-7-8-2-1-5-16-13(8)12(10)15/h1-6,12H,7H2. The first kappa shape index (κ1) is 11.4. The fourth-order valence-electron chi connectivity index (χ4n) is 1.95. The Kier molecular flexibility index (Phi) is 3.03. The highest BCUT2D eigenvalue weighted by molar-refractivity contribution is 7.98. The maximum absolute atomic E-state index is 6.52. The Morgan fingerprint density at radius 2 is 2.18 bits per heavy atom. The molecule has 0 spiro atoms. The van der Waals surface area contributed by atoms with E-state index in [2.05, 4.69) is 11.1 Å². The minimum atomic E-state index is -0.187. The molecule has 0 amide bonds. The molecule has 0 aliphatic carbocycles. The third kappa shape index (κ3) is 2.05. The summed E-state index contributed by atoms with van der Waals surface area (Å²) in [6.45, 7) is 0. The van der Waals surface area contributed by atoms with E-state index < -0.39 is 0 Å². The molecule has 86 valence electrons. The Morgan fingerprint density at radius 3 is 3.06 bits per heavy atom. The molecule has 1 unspecified atom stereocenters. The van der Waals surface area contributed by atoms with Gasteiger partial charge in [-0.3, -0.25) is 4.98 Å². The van der Waals surface area contributed by atoms with E-state index in [1.54, 1.807) is 18.0 Å². The molecule has 1 aliphatic heterocycles. The minimum Gasteiger partial charge on any atom is -0.259 e. The molecule has 0 bridgehead atoms. The zero-order valence-electron chi connectivity index (χ0n) is 8.86. The molecular weight excluding hydrogens is 273 g/mol. The van der Waals surface area contributed by atoms with Crippen LogP contribution in [0.5, 0.6) is 0 Å². The van der Waals surface area contributed by atoms with Gasteiger partial charge in [0.2, 0.25) is 0 Å². The molecule has 0 saturated carbocycles. The van der Waals surface area contributed by atoms with Crippen LogP contribution in [0.1, 0.15) is 22.2 Å². The van der Waals surface area contributed by atoms with E-state index in [1.807, 2.05) is 24.3 Å². The number of nitrogens with zero attached hydrogens (tertiary/aromatic N) is 1.